The number of nitrogens with zero attached hydrogens (tertiary/aromatic N) is 1. The molecule has 0 aliphatic heterocycles. The molecule has 0 unspecified atom stereocenters. The van der Waals surface area contributed by atoms with Gasteiger partial charge in [0.2, 0.25) is 0 Å². The summed E-state index contributed by atoms with van der Waals surface area (Å²) < 4.78 is 37.9. The number of methoxy groups -OCH3 is 1. The summed E-state index contributed by atoms with van der Waals surface area (Å²) in [6.45, 7) is 2.25. The largest absolute Gasteiger partial charge is 0.495 e. The normalized spacial score (nSPS) is 10.8. The fourth-order valence-electron chi connectivity index (χ4n) is 3.19. The first-order valence-electron chi connectivity index (χ1n) is 10.8. The number of benzene rings is 3. The average Bonchev–Trinajstić information content (AvgIpc) is 2.88. The highest BCUT2D eigenvalue weighted by atomic mass is 32.2. The van der Waals surface area contributed by atoms with E-state index in [-0.39, 0.29) is 17.4 Å². The fraction of sp³-hybridized carbons (Fsp3) is 0.200. The predicted octanol–water partition coefficient (Wildman–Crippen LogP) is 3.29. The van der Waals surface area contributed by atoms with Gasteiger partial charge in [-0.25, -0.2) is 8.42 Å². The predicted molar refractivity (Wildman–Crippen MR) is 134 cm³/mol. The molecule has 35 heavy (non-hydrogen) atoms. The Labute approximate surface area is 204 Å². The Balaban J connectivity index is 1.66. The van der Waals surface area contributed by atoms with E-state index in [0.717, 1.165) is 4.31 Å². The number of rotatable bonds is 10. The molecule has 0 aromatic heterocycles. The maximum absolute atomic E-state index is 13.1. The van der Waals surface area contributed by atoms with E-state index in [0.29, 0.717) is 35.0 Å². The molecule has 0 aliphatic rings. The van der Waals surface area contributed by atoms with Crippen molar-refractivity contribution in [2.45, 2.75) is 11.8 Å². The third kappa shape index (κ3) is 6.30. The molecule has 0 fully saturated rings. The molecule has 0 atom stereocenters. The summed E-state index contributed by atoms with van der Waals surface area (Å²) in [5, 5.41) is 5.38. The molecule has 0 saturated carbocycles. The van der Waals surface area contributed by atoms with Gasteiger partial charge in [-0.05, 0) is 67.6 Å². The SMILES string of the molecule is CCNC(=O)COc1ccc(NC(=O)c2ccc(S(=O)(=O)N(C)c3ccccc3OC)cc2)cc1. The van der Waals surface area contributed by atoms with Crippen molar-refractivity contribution in [1.82, 2.24) is 5.32 Å². The highest BCUT2D eigenvalue weighted by Crippen LogP contribution is 2.31. The first-order chi connectivity index (χ1) is 16.8. The minimum absolute atomic E-state index is 0.0380. The maximum Gasteiger partial charge on any atom is 0.264 e. The van der Waals surface area contributed by atoms with Crippen LogP contribution in [0.5, 0.6) is 11.5 Å². The Hall–Kier alpha value is -4.05. The molecule has 0 aliphatic carbocycles. The Morgan fingerprint density at radius 3 is 2.23 bits per heavy atom. The topological polar surface area (TPSA) is 114 Å². The van der Waals surface area contributed by atoms with Crippen LogP contribution in [0.2, 0.25) is 0 Å². The van der Waals surface area contributed by atoms with E-state index in [1.54, 1.807) is 48.5 Å². The molecule has 3 rings (SSSR count). The lowest BCUT2D eigenvalue weighted by molar-refractivity contribution is -0.122. The Morgan fingerprint density at radius 2 is 1.60 bits per heavy atom. The van der Waals surface area contributed by atoms with Gasteiger partial charge in [0, 0.05) is 24.8 Å². The Bertz CT molecular complexity index is 1280. The summed E-state index contributed by atoms with van der Waals surface area (Å²) in [7, 11) is -0.954. The molecular weight excluding hydrogens is 470 g/mol. The number of sulfonamides is 1. The highest BCUT2D eigenvalue weighted by Gasteiger charge is 2.24. The van der Waals surface area contributed by atoms with Gasteiger partial charge in [-0.2, -0.15) is 0 Å². The summed E-state index contributed by atoms with van der Waals surface area (Å²) in [5.41, 5.74) is 1.21. The van der Waals surface area contributed by atoms with E-state index < -0.39 is 15.9 Å². The number of ether oxygens (including phenoxy) is 2. The van der Waals surface area contributed by atoms with Gasteiger partial charge in [-0.1, -0.05) is 12.1 Å². The van der Waals surface area contributed by atoms with Crippen molar-refractivity contribution in [3.8, 4) is 11.5 Å². The van der Waals surface area contributed by atoms with Crippen LogP contribution in [0, 0.1) is 0 Å². The third-order valence-electron chi connectivity index (χ3n) is 5.06. The minimum Gasteiger partial charge on any atom is -0.495 e. The number of nitrogens with one attached hydrogen (secondary N) is 2. The first kappa shape index (κ1) is 25.6. The van der Waals surface area contributed by atoms with Crippen LogP contribution in [-0.2, 0) is 14.8 Å². The van der Waals surface area contributed by atoms with E-state index in [1.807, 2.05) is 6.92 Å². The van der Waals surface area contributed by atoms with Gasteiger partial charge in [0.15, 0.2) is 6.61 Å². The zero-order valence-electron chi connectivity index (χ0n) is 19.6. The average molecular weight is 498 g/mol. The fourth-order valence-corrected chi connectivity index (χ4v) is 4.40. The molecule has 10 heteroatoms. The molecule has 0 radical (unpaired) electrons. The van der Waals surface area contributed by atoms with Crippen LogP contribution in [0.1, 0.15) is 17.3 Å². The van der Waals surface area contributed by atoms with E-state index in [2.05, 4.69) is 10.6 Å². The van der Waals surface area contributed by atoms with Crippen LogP contribution in [0.4, 0.5) is 11.4 Å². The molecule has 0 saturated heterocycles. The van der Waals surface area contributed by atoms with Crippen molar-refractivity contribution in [2.75, 3.05) is 36.9 Å². The van der Waals surface area contributed by atoms with Gasteiger partial charge in [0.25, 0.3) is 21.8 Å². The first-order valence-corrected chi connectivity index (χ1v) is 12.2. The van der Waals surface area contributed by atoms with Crippen LogP contribution in [-0.4, -0.2) is 47.5 Å². The molecule has 2 amide bonds. The number of carbonyl (C=O) groups excluding carboxylic acids is 2. The van der Waals surface area contributed by atoms with E-state index in [4.69, 9.17) is 9.47 Å². The summed E-state index contributed by atoms with van der Waals surface area (Å²) in [6, 6.07) is 19.0. The number of carbonyl (C=O) groups is 2. The molecule has 0 spiro atoms. The van der Waals surface area contributed by atoms with Crippen LogP contribution in [0.25, 0.3) is 0 Å². The van der Waals surface area contributed by atoms with Crippen LogP contribution in [0.15, 0.2) is 77.7 Å². The molecular formula is C25H27N3O6S. The van der Waals surface area contributed by atoms with Gasteiger partial charge in [0.05, 0.1) is 17.7 Å². The molecule has 184 valence electrons. The van der Waals surface area contributed by atoms with Crippen molar-refractivity contribution in [3.63, 3.8) is 0 Å². The smallest absolute Gasteiger partial charge is 0.264 e. The molecule has 0 heterocycles. The summed E-state index contributed by atoms with van der Waals surface area (Å²) in [5.74, 6) is 0.297. The number of para-hydroxylation sites is 2. The Morgan fingerprint density at radius 1 is 0.943 bits per heavy atom. The number of anilines is 2. The molecule has 9 nitrogen and oxygen atoms in total. The number of likely N-dealkylation sites (N-methyl/N-ethyl adjacent to an activating group) is 1. The van der Waals surface area contributed by atoms with Gasteiger partial charge in [0.1, 0.15) is 11.5 Å². The summed E-state index contributed by atoms with van der Waals surface area (Å²) >= 11 is 0. The zero-order valence-corrected chi connectivity index (χ0v) is 20.5. The van der Waals surface area contributed by atoms with Gasteiger partial charge in [-0.3, -0.25) is 13.9 Å². The molecule has 0 bridgehead atoms. The summed E-state index contributed by atoms with van der Waals surface area (Å²) in [4.78, 5) is 24.1. The van der Waals surface area contributed by atoms with Crippen molar-refractivity contribution >= 4 is 33.2 Å². The lowest BCUT2D eigenvalue weighted by Gasteiger charge is -2.21. The van der Waals surface area contributed by atoms with E-state index in [1.165, 1.54) is 38.4 Å². The van der Waals surface area contributed by atoms with E-state index in [9.17, 15) is 18.0 Å². The maximum atomic E-state index is 13.1. The van der Waals surface area contributed by atoms with Crippen LogP contribution < -0.4 is 24.4 Å². The second kappa shape index (κ2) is 11.4. The van der Waals surface area contributed by atoms with Crippen molar-refractivity contribution in [2.24, 2.45) is 0 Å². The quantitative estimate of drug-likeness (QED) is 0.444. The lowest BCUT2D eigenvalue weighted by Crippen LogP contribution is -2.28. The second-order valence-corrected chi connectivity index (χ2v) is 9.36. The van der Waals surface area contributed by atoms with Gasteiger partial charge >= 0.3 is 0 Å². The Kier molecular flexibility index (Phi) is 8.32. The van der Waals surface area contributed by atoms with Crippen molar-refractivity contribution < 1.29 is 27.5 Å². The summed E-state index contributed by atoms with van der Waals surface area (Å²) in [6.07, 6.45) is 0. The minimum atomic E-state index is -3.87. The number of hydrogen-bond donors (Lipinski definition) is 2. The second-order valence-electron chi connectivity index (χ2n) is 7.39. The molecule has 2 N–H and O–H groups in total. The van der Waals surface area contributed by atoms with Gasteiger partial charge < -0.3 is 20.1 Å². The standard InChI is InChI=1S/C25H27N3O6S/c1-4-26-24(29)17-34-20-13-11-19(12-14-20)27-25(30)18-9-15-21(16-10-18)35(31,32)28(2)22-7-5-6-8-23(22)33-3/h5-16H,4,17H2,1-3H3,(H,26,29)(H,27,30). The zero-order chi connectivity index (χ0) is 25.4. The van der Waals surface area contributed by atoms with Gasteiger partial charge in [-0.15, -0.1) is 0 Å². The van der Waals surface area contributed by atoms with Crippen molar-refractivity contribution in [3.05, 3.63) is 78.4 Å². The number of amides is 2. The third-order valence-corrected chi connectivity index (χ3v) is 6.84. The van der Waals surface area contributed by atoms with Crippen LogP contribution in [0.3, 0.4) is 0 Å². The number of hydrogen-bond acceptors (Lipinski definition) is 6. The monoisotopic (exact) mass is 497 g/mol. The highest BCUT2D eigenvalue weighted by molar-refractivity contribution is 7.92. The van der Waals surface area contributed by atoms with Crippen molar-refractivity contribution in [1.29, 1.82) is 0 Å². The lowest BCUT2D eigenvalue weighted by atomic mass is 10.2. The van der Waals surface area contributed by atoms with Crippen LogP contribution >= 0.6 is 0 Å². The van der Waals surface area contributed by atoms with E-state index >= 15 is 0 Å². The molecule has 3 aromatic carbocycles. The molecule has 3 aromatic rings.